The topological polar surface area (TPSA) is 75.8 Å². The molecule has 0 amide bonds. The summed E-state index contributed by atoms with van der Waals surface area (Å²) in [4.78, 5) is 4.18. The van der Waals surface area contributed by atoms with Crippen LogP contribution < -0.4 is 10.6 Å². The minimum atomic E-state index is 0.683. The zero-order valence-electron chi connectivity index (χ0n) is 13.2. The minimum absolute atomic E-state index is 0.683. The van der Waals surface area contributed by atoms with Gasteiger partial charge in [-0.1, -0.05) is 6.07 Å². The number of hydrogen-bond acceptors (Lipinski definition) is 4. The van der Waals surface area contributed by atoms with E-state index in [2.05, 4.69) is 25.8 Å². The first-order chi connectivity index (χ1) is 10.8. The average Bonchev–Trinajstić information content (AvgIpc) is 2.97. The second kappa shape index (κ2) is 8.99. The molecule has 0 spiro atoms. The van der Waals surface area contributed by atoms with Gasteiger partial charge < -0.3 is 15.4 Å². The quantitative estimate of drug-likeness (QED) is 0.430. The second-order valence-corrected chi connectivity index (χ2v) is 4.77. The molecule has 0 fully saturated rings. The number of guanidine groups is 1. The summed E-state index contributed by atoms with van der Waals surface area (Å²) in [5, 5.41) is 14.9. The van der Waals surface area contributed by atoms with Crippen LogP contribution in [0.5, 0.6) is 0 Å². The van der Waals surface area contributed by atoms with Crippen molar-refractivity contribution >= 4 is 11.6 Å². The first-order valence-electron chi connectivity index (χ1n) is 7.66. The lowest BCUT2D eigenvalue weighted by Crippen LogP contribution is -2.39. The summed E-state index contributed by atoms with van der Waals surface area (Å²) in [7, 11) is 1.77. The predicted molar refractivity (Wildman–Crippen MR) is 87.2 cm³/mol. The predicted octanol–water partition coefficient (Wildman–Crippen LogP) is 0.863. The molecule has 0 atom stereocenters. The smallest absolute Gasteiger partial charge is 0.191 e. The molecule has 7 heteroatoms. The summed E-state index contributed by atoms with van der Waals surface area (Å²) in [5.41, 5.74) is 0.888. The van der Waals surface area contributed by atoms with Crippen molar-refractivity contribution in [3.8, 4) is 0 Å². The van der Waals surface area contributed by atoms with E-state index in [-0.39, 0.29) is 0 Å². The molecule has 2 rings (SSSR count). The van der Waals surface area contributed by atoms with Crippen LogP contribution in [0.25, 0.3) is 5.65 Å². The lowest BCUT2D eigenvalue weighted by Gasteiger charge is -2.11. The van der Waals surface area contributed by atoms with Gasteiger partial charge in [0.1, 0.15) is 5.82 Å². The van der Waals surface area contributed by atoms with Gasteiger partial charge in [0.25, 0.3) is 0 Å². The van der Waals surface area contributed by atoms with Crippen molar-refractivity contribution in [1.29, 1.82) is 0 Å². The summed E-state index contributed by atoms with van der Waals surface area (Å²) >= 11 is 0. The molecular weight excluding hydrogens is 280 g/mol. The zero-order valence-corrected chi connectivity index (χ0v) is 13.2. The van der Waals surface area contributed by atoms with Crippen LogP contribution in [0.4, 0.5) is 0 Å². The van der Waals surface area contributed by atoms with Crippen molar-refractivity contribution in [2.45, 2.75) is 19.8 Å². The molecule has 0 aromatic carbocycles. The Morgan fingerprint density at radius 1 is 1.27 bits per heavy atom. The summed E-state index contributed by atoms with van der Waals surface area (Å²) in [6, 6.07) is 5.91. The first-order valence-corrected chi connectivity index (χ1v) is 7.66. The Morgan fingerprint density at radius 2 is 2.14 bits per heavy atom. The number of ether oxygens (including phenoxy) is 1. The van der Waals surface area contributed by atoms with E-state index in [0.29, 0.717) is 6.61 Å². The summed E-state index contributed by atoms with van der Waals surface area (Å²) in [6.45, 7) is 4.99. The number of fused-ring (bicyclic) bond motifs is 1. The molecule has 120 valence electrons. The number of pyridine rings is 1. The van der Waals surface area contributed by atoms with Gasteiger partial charge in [0.2, 0.25) is 0 Å². The fourth-order valence-electron chi connectivity index (χ4n) is 2.12. The summed E-state index contributed by atoms with van der Waals surface area (Å²) in [5.74, 6) is 1.78. The van der Waals surface area contributed by atoms with Crippen LogP contribution in [0.2, 0.25) is 0 Å². The van der Waals surface area contributed by atoms with Crippen molar-refractivity contribution in [3.05, 3.63) is 30.2 Å². The number of aliphatic imine (C=N–C) groups is 1. The van der Waals surface area contributed by atoms with Crippen LogP contribution in [0.3, 0.4) is 0 Å². The fraction of sp³-hybridized carbons (Fsp3) is 0.533. The third-order valence-corrected chi connectivity index (χ3v) is 3.22. The van der Waals surface area contributed by atoms with Crippen LogP contribution in [0, 0.1) is 0 Å². The molecule has 0 saturated carbocycles. The van der Waals surface area contributed by atoms with Gasteiger partial charge in [-0.15, -0.1) is 10.2 Å². The van der Waals surface area contributed by atoms with E-state index in [1.54, 1.807) is 7.05 Å². The van der Waals surface area contributed by atoms with Gasteiger partial charge in [-0.05, 0) is 25.5 Å². The van der Waals surface area contributed by atoms with Crippen molar-refractivity contribution in [1.82, 2.24) is 25.2 Å². The summed E-state index contributed by atoms with van der Waals surface area (Å²) in [6.07, 6.45) is 3.82. The van der Waals surface area contributed by atoms with Crippen LogP contribution in [0.15, 0.2) is 29.4 Å². The van der Waals surface area contributed by atoms with Gasteiger partial charge in [-0.3, -0.25) is 9.39 Å². The Balaban J connectivity index is 1.70. The number of hydrogen-bond donors (Lipinski definition) is 2. The van der Waals surface area contributed by atoms with Crippen molar-refractivity contribution in [3.63, 3.8) is 0 Å². The maximum atomic E-state index is 5.28. The molecule has 0 saturated heterocycles. The number of nitrogens with one attached hydrogen (secondary N) is 2. The molecule has 2 N–H and O–H groups in total. The zero-order chi connectivity index (χ0) is 15.6. The van der Waals surface area contributed by atoms with Gasteiger partial charge in [0.05, 0.1) is 6.61 Å². The van der Waals surface area contributed by atoms with Crippen LogP contribution in [0.1, 0.15) is 19.2 Å². The lowest BCUT2D eigenvalue weighted by molar-refractivity contribution is 0.152. The van der Waals surface area contributed by atoms with E-state index in [4.69, 9.17) is 4.74 Å². The average molecular weight is 304 g/mol. The third-order valence-electron chi connectivity index (χ3n) is 3.22. The Labute approximate surface area is 130 Å². The van der Waals surface area contributed by atoms with E-state index in [0.717, 1.165) is 50.0 Å². The minimum Gasteiger partial charge on any atom is -0.380 e. The molecule has 0 aliphatic carbocycles. The summed E-state index contributed by atoms with van der Waals surface area (Å²) < 4.78 is 7.30. The molecule has 2 heterocycles. The molecule has 7 nitrogen and oxygen atoms in total. The van der Waals surface area contributed by atoms with Gasteiger partial charge in [0, 0.05) is 39.4 Å². The van der Waals surface area contributed by atoms with E-state index in [1.807, 2.05) is 35.7 Å². The Bertz CT molecular complexity index is 594. The first kappa shape index (κ1) is 16.2. The second-order valence-electron chi connectivity index (χ2n) is 4.77. The van der Waals surface area contributed by atoms with Crippen molar-refractivity contribution in [2.75, 3.05) is 33.4 Å². The molecule has 0 radical (unpaired) electrons. The highest BCUT2D eigenvalue weighted by Gasteiger charge is 2.04. The molecule has 22 heavy (non-hydrogen) atoms. The fourth-order valence-corrected chi connectivity index (χ4v) is 2.12. The molecule has 0 aliphatic heterocycles. The Kier molecular flexibility index (Phi) is 6.63. The number of rotatable bonds is 8. The van der Waals surface area contributed by atoms with Gasteiger partial charge in [-0.25, -0.2) is 0 Å². The Morgan fingerprint density at radius 3 is 2.95 bits per heavy atom. The molecule has 0 unspecified atom stereocenters. The van der Waals surface area contributed by atoms with Gasteiger partial charge >= 0.3 is 0 Å². The maximum absolute atomic E-state index is 5.28. The number of nitrogens with zero attached hydrogens (tertiary/aromatic N) is 4. The van der Waals surface area contributed by atoms with Crippen LogP contribution >= 0.6 is 0 Å². The maximum Gasteiger partial charge on any atom is 0.191 e. The highest BCUT2D eigenvalue weighted by molar-refractivity contribution is 5.79. The Hall–Kier alpha value is -2.15. The largest absolute Gasteiger partial charge is 0.380 e. The monoisotopic (exact) mass is 304 g/mol. The van der Waals surface area contributed by atoms with Crippen molar-refractivity contribution < 1.29 is 4.74 Å². The van der Waals surface area contributed by atoms with Gasteiger partial charge in [0.15, 0.2) is 11.6 Å². The molecule has 2 aromatic rings. The lowest BCUT2D eigenvalue weighted by atomic mass is 10.3. The van der Waals surface area contributed by atoms with E-state index < -0.39 is 0 Å². The third kappa shape index (κ3) is 4.70. The standard InChI is InChI=1S/C15H24N6O/c1-3-22-12-10-18-15(16-2)17-9-6-8-14-20-19-13-7-4-5-11-21(13)14/h4-5,7,11H,3,6,8-10,12H2,1-2H3,(H2,16,17,18). The SMILES string of the molecule is CCOCCNC(=NC)NCCCc1nnc2ccccn12. The highest BCUT2D eigenvalue weighted by atomic mass is 16.5. The van der Waals surface area contributed by atoms with Gasteiger partial charge in [-0.2, -0.15) is 0 Å². The highest BCUT2D eigenvalue weighted by Crippen LogP contribution is 2.04. The van der Waals surface area contributed by atoms with Crippen LogP contribution in [-0.2, 0) is 11.2 Å². The number of aryl methyl sites for hydroxylation is 1. The normalized spacial score (nSPS) is 11.8. The van der Waals surface area contributed by atoms with E-state index >= 15 is 0 Å². The molecule has 0 aliphatic rings. The molecular formula is C15H24N6O. The molecule has 2 aromatic heterocycles. The number of aromatic nitrogens is 3. The van der Waals surface area contributed by atoms with E-state index in [1.165, 1.54) is 0 Å². The van der Waals surface area contributed by atoms with E-state index in [9.17, 15) is 0 Å². The van der Waals surface area contributed by atoms with Crippen molar-refractivity contribution in [2.24, 2.45) is 4.99 Å². The van der Waals surface area contributed by atoms with Crippen LogP contribution in [-0.4, -0.2) is 53.9 Å². The molecule has 0 bridgehead atoms.